The maximum absolute atomic E-state index is 13.6. The van der Waals surface area contributed by atoms with Crippen LogP contribution in [0.4, 0.5) is 10.1 Å². The Balaban J connectivity index is 1.96. The molecule has 2 aromatic rings. The third kappa shape index (κ3) is 3.73. The van der Waals surface area contributed by atoms with E-state index in [1.807, 2.05) is 6.07 Å². The number of anilines is 1. The van der Waals surface area contributed by atoms with E-state index >= 15 is 0 Å². The second-order valence-electron chi connectivity index (χ2n) is 4.77. The second kappa shape index (κ2) is 6.94. The van der Waals surface area contributed by atoms with E-state index < -0.39 is 0 Å². The molecule has 0 bridgehead atoms. The maximum atomic E-state index is 13.6. The van der Waals surface area contributed by atoms with E-state index in [1.165, 1.54) is 18.7 Å². The van der Waals surface area contributed by atoms with Crippen molar-refractivity contribution < 1.29 is 9.13 Å². The predicted molar refractivity (Wildman–Crippen MR) is 80.7 cm³/mol. The Kier molecular flexibility index (Phi) is 4.99. The smallest absolute Gasteiger partial charge is 0.165 e. The van der Waals surface area contributed by atoms with Gasteiger partial charge in [0.05, 0.1) is 7.11 Å². The number of methoxy groups -OCH3 is 1. The third-order valence-corrected chi connectivity index (χ3v) is 3.21. The minimum absolute atomic E-state index is 0.276. The Morgan fingerprint density at radius 3 is 2.35 bits per heavy atom. The normalized spacial score (nSPS) is 10.3. The molecule has 0 spiro atoms. The van der Waals surface area contributed by atoms with Crippen molar-refractivity contribution in [3.05, 3.63) is 59.4 Å². The zero-order valence-electron chi connectivity index (χ0n) is 11.9. The van der Waals surface area contributed by atoms with Crippen LogP contribution in [-0.2, 0) is 13.0 Å². The third-order valence-electron chi connectivity index (χ3n) is 3.21. The monoisotopic (exact) mass is 273 g/mol. The van der Waals surface area contributed by atoms with Crippen molar-refractivity contribution in [3.8, 4) is 5.75 Å². The largest absolute Gasteiger partial charge is 0.494 e. The van der Waals surface area contributed by atoms with Gasteiger partial charge in [0.2, 0.25) is 0 Å². The molecular weight excluding hydrogens is 253 g/mol. The quantitative estimate of drug-likeness (QED) is 0.842. The van der Waals surface area contributed by atoms with Gasteiger partial charge in [-0.2, -0.15) is 0 Å². The molecule has 2 nitrogen and oxygen atoms in total. The van der Waals surface area contributed by atoms with Gasteiger partial charge in [-0.25, -0.2) is 4.39 Å². The van der Waals surface area contributed by atoms with Crippen molar-refractivity contribution in [2.75, 3.05) is 12.4 Å². The van der Waals surface area contributed by atoms with Gasteiger partial charge >= 0.3 is 0 Å². The fraction of sp³-hybridized carbons (Fsp3) is 0.294. The highest BCUT2D eigenvalue weighted by atomic mass is 19.1. The van der Waals surface area contributed by atoms with E-state index in [2.05, 4.69) is 36.5 Å². The van der Waals surface area contributed by atoms with Gasteiger partial charge in [-0.1, -0.05) is 31.5 Å². The van der Waals surface area contributed by atoms with Crippen LogP contribution in [-0.4, -0.2) is 7.11 Å². The van der Waals surface area contributed by atoms with E-state index in [-0.39, 0.29) is 11.6 Å². The van der Waals surface area contributed by atoms with Gasteiger partial charge in [-0.05, 0) is 41.8 Å². The molecule has 0 atom stereocenters. The number of hydrogen-bond donors (Lipinski definition) is 1. The molecule has 0 radical (unpaired) electrons. The molecule has 0 heterocycles. The molecule has 2 aromatic carbocycles. The highest BCUT2D eigenvalue weighted by Gasteiger charge is 2.03. The topological polar surface area (TPSA) is 21.3 Å². The van der Waals surface area contributed by atoms with Crippen LogP contribution in [0.3, 0.4) is 0 Å². The highest BCUT2D eigenvalue weighted by molar-refractivity contribution is 5.45. The summed E-state index contributed by atoms with van der Waals surface area (Å²) in [7, 11) is 1.47. The summed E-state index contributed by atoms with van der Waals surface area (Å²) in [5.41, 5.74) is 3.27. The van der Waals surface area contributed by atoms with Gasteiger partial charge in [0.25, 0.3) is 0 Å². The first-order valence-corrected chi connectivity index (χ1v) is 6.88. The van der Waals surface area contributed by atoms with E-state index in [1.54, 1.807) is 6.07 Å². The van der Waals surface area contributed by atoms with E-state index in [9.17, 15) is 4.39 Å². The molecular formula is C17H20FNO. The first kappa shape index (κ1) is 14.4. The van der Waals surface area contributed by atoms with E-state index in [0.29, 0.717) is 6.54 Å². The number of ether oxygens (including phenoxy) is 1. The van der Waals surface area contributed by atoms with Gasteiger partial charge in [-0.15, -0.1) is 0 Å². The summed E-state index contributed by atoms with van der Waals surface area (Å²) >= 11 is 0. The summed E-state index contributed by atoms with van der Waals surface area (Å²) < 4.78 is 18.5. The number of aryl methyl sites for hydroxylation is 1. The zero-order valence-corrected chi connectivity index (χ0v) is 11.9. The first-order valence-electron chi connectivity index (χ1n) is 6.88. The zero-order chi connectivity index (χ0) is 14.4. The Morgan fingerprint density at radius 1 is 1.05 bits per heavy atom. The van der Waals surface area contributed by atoms with Crippen molar-refractivity contribution in [1.29, 1.82) is 0 Å². The Hall–Kier alpha value is -2.03. The van der Waals surface area contributed by atoms with Crippen LogP contribution in [0.1, 0.15) is 24.5 Å². The van der Waals surface area contributed by atoms with Crippen molar-refractivity contribution in [1.82, 2.24) is 0 Å². The molecule has 0 aromatic heterocycles. The van der Waals surface area contributed by atoms with Gasteiger partial charge < -0.3 is 10.1 Å². The lowest BCUT2D eigenvalue weighted by molar-refractivity contribution is 0.386. The standard InChI is InChI=1S/C17H20FNO/c1-3-4-13-5-8-15(9-6-13)19-12-14-7-10-17(20-2)16(18)11-14/h5-11,19H,3-4,12H2,1-2H3. The summed E-state index contributed by atoms with van der Waals surface area (Å²) in [4.78, 5) is 0. The van der Waals surface area contributed by atoms with Crippen LogP contribution in [0.5, 0.6) is 5.75 Å². The van der Waals surface area contributed by atoms with Crippen LogP contribution in [0.25, 0.3) is 0 Å². The molecule has 0 amide bonds. The fourth-order valence-electron chi connectivity index (χ4n) is 2.10. The number of halogens is 1. The van der Waals surface area contributed by atoms with Gasteiger partial charge in [0.15, 0.2) is 11.6 Å². The average Bonchev–Trinajstić information content (AvgIpc) is 2.47. The molecule has 0 aliphatic heterocycles. The van der Waals surface area contributed by atoms with Crippen molar-refractivity contribution in [2.45, 2.75) is 26.3 Å². The lowest BCUT2D eigenvalue weighted by Gasteiger charge is -2.09. The van der Waals surface area contributed by atoms with Crippen molar-refractivity contribution in [3.63, 3.8) is 0 Å². The van der Waals surface area contributed by atoms with Gasteiger partial charge in [-0.3, -0.25) is 0 Å². The number of benzene rings is 2. The molecule has 106 valence electrons. The number of rotatable bonds is 6. The van der Waals surface area contributed by atoms with Crippen molar-refractivity contribution >= 4 is 5.69 Å². The van der Waals surface area contributed by atoms with E-state index in [4.69, 9.17) is 4.74 Å². The Labute approximate surface area is 119 Å². The number of nitrogens with one attached hydrogen (secondary N) is 1. The molecule has 0 aliphatic carbocycles. The summed E-state index contributed by atoms with van der Waals surface area (Å²) in [6.45, 7) is 2.76. The second-order valence-corrected chi connectivity index (χ2v) is 4.77. The SMILES string of the molecule is CCCc1ccc(NCc2ccc(OC)c(F)c2)cc1. The van der Waals surface area contributed by atoms with Crippen LogP contribution < -0.4 is 10.1 Å². The Morgan fingerprint density at radius 2 is 1.75 bits per heavy atom. The van der Waals surface area contributed by atoms with Crippen LogP contribution in [0.2, 0.25) is 0 Å². The molecule has 20 heavy (non-hydrogen) atoms. The summed E-state index contributed by atoms with van der Waals surface area (Å²) in [5.74, 6) is -0.0530. The van der Waals surface area contributed by atoms with Crippen LogP contribution in [0, 0.1) is 5.82 Å². The predicted octanol–water partition coefficient (Wildman–Crippen LogP) is 4.40. The lowest BCUT2D eigenvalue weighted by Crippen LogP contribution is -2.00. The molecule has 1 N–H and O–H groups in total. The average molecular weight is 273 g/mol. The summed E-state index contributed by atoms with van der Waals surface area (Å²) in [5, 5.41) is 3.29. The van der Waals surface area contributed by atoms with E-state index in [0.717, 1.165) is 24.1 Å². The van der Waals surface area contributed by atoms with Crippen LogP contribution in [0.15, 0.2) is 42.5 Å². The summed E-state index contributed by atoms with van der Waals surface area (Å²) in [6, 6.07) is 13.4. The maximum Gasteiger partial charge on any atom is 0.165 e. The van der Waals surface area contributed by atoms with Gasteiger partial charge in [0.1, 0.15) is 0 Å². The fourth-order valence-corrected chi connectivity index (χ4v) is 2.10. The highest BCUT2D eigenvalue weighted by Crippen LogP contribution is 2.19. The lowest BCUT2D eigenvalue weighted by atomic mass is 10.1. The molecule has 0 saturated carbocycles. The molecule has 0 fully saturated rings. The Bertz CT molecular complexity index is 551. The van der Waals surface area contributed by atoms with Gasteiger partial charge in [0, 0.05) is 12.2 Å². The minimum Gasteiger partial charge on any atom is -0.494 e. The molecule has 0 saturated heterocycles. The number of hydrogen-bond acceptors (Lipinski definition) is 2. The van der Waals surface area contributed by atoms with Crippen molar-refractivity contribution in [2.24, 2.45) is 0 Å². The summed E-state index contributed by atoms with van der Waals surface area (Å²) in [6.07, 6.45) is 2.25. The van der Waals surface area contributed by atoms with Crippen LogP contribution >= 0.6 is 0 Å². The molecule has 0 unspecified atom stereocenters. The first-order chi connectivity index (χ1) is 9.72. The molecule has 2 rings (SSSR count). The minimum atomic E-state index is -0.329. The molecule has 3 heteroatoms. The molecule has 0 aliphatic rings.